The summed E-state index contributed by atoms with van der Waals surface area (Å²) in [4.78, 5) is 16.4. The number of hydrogen-bond acceptors (Lipinski definition) is 2. The highest BCUT2D eigenvalue weighted by Crippen LogP contribution is 2.34. The molecule has 5 heteroatoms. The maximum Gasteiger partial charge on any atom is 0.259 e. The van der Waals surface area contributed by atoms with Gasteiger partial charge in [-0.3, -0.25) is 4.79 Å². The van der Waals surface area contributed by atoms with Gasteiger partial charge in [0.25, 0.3) is 5.91 Å². The van der Waals surface area contributed by atoms with Crippen molar-refractivity contribution in [2.75, 3.05) is 5.32 Å². The summed E-state index contributed by atoms with van der Waals surface area (Å²) in [7, 11) is 0. The molecule has 1 heterocycles. The van der Waals surface area contributed by atoms with Crippen LogP contribution in [0.3, 0.4) is 0 Å². The zero-order valence-electron chi connectivity index (χ0n) is 15.9. The number of fused-ring (bicyclic) bond motifs is 1. The Kier molecular flexibility index (Phi) is 6.42. The summed E-state index contributed by atoms with van der Waals surface area (Å²) in [5, 5.41) is 3.32. The summed E-state index contributed by atoms with van der Waals surface area (Å²) < 4.78 is 13.7. The van der Waals surface area contributed by atoms with Gasteiger partial charge in [0.1, 0.15) is 11.6 Å². The molecule has 0 fully saturated rings. The van der Waals surface area contributed by atoms with Crippen molar-refractivity contribution in [2.45, 2.75) is 33.1 Å². The van der Waals surface area contributed by atoms with Gasteiger partial charge < -0.3 is 5.32 Å². The van der Waals surface area contributed by atoms with Gasteiger partial charge in [-0.1, -0.05) is 37.6 Å². The fourth-order valence-corrected chi connectivity index (χ4v) is 3.57. The number of benzene rings is 2. The first-order chi connectivity index (χ1) is 13.6. The second kappa shape index (κ2) is 8.98. The molecule has 4 rings (SSSR count). The lowest BCUT2D eigenvalue weighted by Gasteiger charge is -2.10. The standard InChI is InChI=1S/C21H16ClFN2O.C2H6/c22-18-11-14-5-3-4-13(14)10-17(18)15-8-9-20(24-12-15)25-21(26)16-6-1-2-7-19(16)23;1-2/h1-2,6-12H,3-5H2,(H,24,25,26);1-2H3. The van der Waals surface area contributed by atoms with Crippen molar-refractivity contribution in [3.05, 3.63) is 82.3 Å². The molecule has 0 atom stereocenters. The molecule has 0 unspecified atom stereocenters. The molecular formula is C23H22ClFN2O. The predicted molar refractivity (Wildman–Crippen MR) is 112 cm³/mol. The predicted octanol–water partition coefficient (Wildman–Crippen LogP) is 6.31. The Morgan fingerprint density at radius 1 is 1.07 bits per heavy atom. The molecule has 0 radical (unpaired) electrons. The molecule has 3 nitrogen and oxygen atoms in total. The number of nitrogens with one attached hydrogen (secondary N) is 1. The van der Waals surface area contributed by atoms with Crippen LogP contribution in [0.25, 0.3) is 11.1 Å². The number of aryl methyl sites for hydroxylation is 2. The first kappa shape index (κ1) is 20.0. The van der Waals surface area contributed by atoms with Crippen molar-refractivity contribution in [3.8, 4) is 11.1 Å². The summed E-state index contributed by atoms with van der Waals surface area (Å²) in [6, 6.07) is 13.5. The Balaban J connectivity index is 0.00000109. The topological polar surface area (TPSA) is 42.0 Å². The SMILES string of the molecule is CC.O=C(Nc1ccc(-c2cc3c(cc2Cl)CCC3)cn1)c1ccccc1F. The smallest absolute Gasteiger partial charge is 0.259 e. The highest BCUT2D eigenvalue weighted by Gasteiger charge is 2.16. The molecule has 0 bridgehead atoms. The molecule has 1 amide bonds. The van der Waals surface area contributed by atoms with E-state index in [4.69, 9.17) is 11.6 Å². The fourth-order valence-electron chi connectivity index (χ4n) is 3.27. The van der Waals surface area contributed by atoms with E-state index in [1.54, 1.807) is 24.4 Å². The van der Waals surface area contributed by atoms with E-state index in [9.17, 15) is 9.18 Å². The molecule has 0 spiro atoms. The zero-order valence-corrected chi connectivity index (χ0v) is 16.7. The van der Waals surface area contributed by atoms with Crippen LogP contribution in [0.4, 0.5) is 10.2 Å². The van der Waals surface area contributed by atoms with Gasteiger partial charge in [-0.05, 0) is 66.8 Å². The van der Waals surface area contributed by atoms with Crippen LogP contribution in [0.15, 0.2) is 54.7 Å². The number of pyridine rings is 1. The third kappa shape index (κ3) is 4.23. The molecule has 1 aliphatic carbocycles. The summed E-state index contributed by atoms with van der Waals surface area (Å²) >= 11 is 6.42. The lowest BCUT2D eigenvalue weighted by molar-refractivity contribution is 0.102. The second-order valence-electron chi connectivity index (χ2n) is 6.32. The Labute approximate surface area is 169 Å². The number of amides is 1. The van der Waals surface area contributed by atoms with Crippen LogP contribution < -0.4 is 5.32 Å². The molecule has 2 aromatic carbocycles. The van der Waals surface area contributed by atoms with Crippen LogP contribution >= 0.6 is 11.6 Å². The number of nitrogens with zero attached hydrogens (tertiary/aromatic N) is 1. The molecule has 3 aromatic rings. The molecule has 144 valence electrons. The first-order valence-electron chi connectivity index (χ1n) is 9.45. The monoisotopic (exact) mass is 396 g/mol. The highest BCUT2D eigenvalue weighted by molar-refractivity contribution is 6.33. The Morgan fingerprint density at radius 2 is 1.79 bits per heavy atom. The molecule has 1 aromatic heterocycles. The van der Waals surface area contributed by atoms with E-state index >= 15 is 0 Å². The minimum absolute atomic E-state index is 0.0138. The Hall–Kier alpha value is -2.72. The molecule has 28 heavy (non-hydrogen) atoms. The van der Waals surface area contributed by atoms with Crippen molar-refractivity contribution in [1.29, 1.82) is 0 Å². The maximum absolute atomic E-state index is 13.7. The van der Waals surface area contributed by atoms with Gasteiger partial charge >= 0.3 is 0 Å². The summed E-state index contributed by atoms with van der Waals surface area (Å²) in [5.41, 5.74) is 4.46. The van der Waals surface area contributed by atoms with E-state index in [-0.39, 0.29) is 5.56 Å². The first-order valence-corrected chi connectivity index (χ1v) is 9.83. The van der Waals surface area contributed by atoms with Crippen LogP contribution in [-0.2, 0) is 12.8 Å². The van der Waals surface area contributed by atoms with Crippen LogP contribution in [0, 0.1) is 5.82 Å². The minimum atomic E-state index is -0.563. The Bertz CT molecular complexity index is 986. The molecule has 0 saturated heterocycles. The normalized spacial score (nSPS) is 12.0. The van der Waals surface area contributed by atoms with Gasteiger partial charge in [0, 0.05) is 22.3 Å². The van der Waals surface area contributed by atoms with Crippen LogP contribution in [0.1, 0.15) is 41.8 Å². The number of halogens is 2. The van der Waals surface area contributed by atoms with Gasteiger partial charge in [-0.25, -0.2) is 9.37 Å². The third-order valence-corrected chi connectivity index (χ3v) is 4.93. The average molecular weight is 397 g/mol. The quantitative estimate of drug-likeness (QED) is 0.563. The van der Waals surface area contributed by atoms with E-state index < -0.39 is 11.7 Å². The summed E-state index contributed by atoms with van der Waals surface area (Å²) in [6.07, 6.45) is 4.98. The molecular weight excluding hydrogens is 375 g/mol. The molecule has 1 N–H and O–H groups in total. The van der Waals surface area contributed by atoms with Crippen molar-refractivity contribution in [3.63, 3.8) is 0 Å². The molecule has 1 aliphatic rings. The maximum atomic E-state index is 13.7. The van der Waals surface area contributed by atoms with Gasteiger partial charge in [-0.15, -0.1) is 0 Å². The van der Waals surface area contributed by atoms with Gasteiger partial charge in [0.05, 0.1) is 5.56 Å². The van der Waals surface area contributed by atoms with Crippen molar-refractivity contribution in [1.82, 2.24) is 4.98 Å². The third-order valence-electron chi connectivity index (χ3n) is 4.62. The molecule has 0 saturated carbocycles. The minimum Gasteiger partial charge on any atom is -0.306 e. The van der Waals surface area contributed by atoms with Crippen LogP contribution in [0.2, 0.25) is 5.02 Å². The fraction of sp³-hybridized carbons (Fsp3) is 0.217. The van der Waals surface area contributed by atoms with E-state index in [1.165, 1.54) is 23.3 Å². The Morgan fingerprint density at radius 3 is 2.46 bits per heavy atom. The van der Waals surface area contributed by atoms with Crippen molar-refractivity contribution < 1.29 is 9.18 Å². The number of anilines is 1. The molecule has 0 aliphatic heterocycles. The highest BCUT2D eigenvalue weighted by atomic mass is 35.5. The number of aromatic nitrogens is 1. The van der Waals surface area contributed by atoms with Gasteiger partial charge in [-0.2, -0.15) is 0 Å². The van der Waals surface area contributed by atoms with E-state index in [1.807, 2.05) is 26.0 Å². The lowest BCUT2D eigenvalue weighted by atomic mass is 10.0. The van der Waals surface area contributed by atoms with Crippen molar-refractivity contribution >= 4 is 23.3 Å². The number of rotatable bonds is 3. The van der Waals surface area contributed by atoms with Crippen LogP contribution in [0.5, 0.6) is 0 Å². The van der Waals surface area contributed by atoms with Gasteiger partial charge in [0.15, 0.2) is 0 Å². The zero-order chi connectivity index (χ0) is 20.1. The van der Waals surface area contributed by atoms with E-state index in [0.29, 0.717) is 10.8 Å². The second-order valence-corrected chi connectivity index (χ2v) is 6.73. The average Bonchev–Trinajstić information content (AvgIpc) is 3.17. The summed E-state index contributed by atoms with van der Waals surface area (Å²) in [6.45, 7) is 4.00. The lowest BCUT2D eigenvalue weighted by Crippen LogP contribution is -2.14. The van der Waals surface area contributed by atoms with Crippen LogP contribution in [-0.4, -0.2) is 10.9 Å². The number of carbonyl (C=O) groups excluding carboxylic acids is 1. The van der Waals surface area contributed by atoms with Gasteiger partial charge in [0.2, 0.25) is 0 Å². The van der Waals surface area contributed by atoms with Crippen molar-refractivity contribution in [2.24, 2.45) is 0 Å². The largest absolute Gasteiger partial charge is 0.306 e. The van der Waals surface area contributed by atoms with E-state index in [2.05, 4.69) is 16.4 Å². The summed E-state index contributed by atoms with van der Waals surface area (Å²) in [5.74, 6) is -0.732. The number of hydrogen-bond donors (Lipinski definition) is 1. The van der Waals surface area contributed by atoms with E-state index in [0.717, 1.165) is 30.4 Å². The number of carbonyl (C=O) groups is 1.